The number of carbonyl (C=O) groups is 1. The molecule has 2 aromatic carbocycles. The molecule has 2 aromatic rings. The van der Waals surface area contributed by atoms with Gasteiger partial charge in [-0.3, -0.25) is 4.79 Å². The summed E-state index contributed by atoms with van der Waals surface area (Å²) in [6.07, 6.45) is 0.741. The highest BCUT2D eigenvalue weighted by Crippen LogP contribution is 2.52. The number of benzene rings is 2. The summed E-state index contributed by atoms with van der Waals surface area (Å²) in [5.41, 5.74) is 2.93. The number of cyclic esters (lactones) is 1. The Balaban J connectivity index is 1.72. The third-order valence-electron chi connectivity index (χ3n) is 5.89. The number of aromatic hydroxyl groups is 1. The molecule has 5 rings (SSSR count). The Morgan fingerprint density at radius 3 is 2.36 bits per heavy atom. The van der Waals surface area contributed by atoms with Crippen molar-refractivity contribution >= 4 is 5.97 Å². The number of phenols is 1. The van der Waals surface area contributed by atoms with Crippen molar-refractivity contribution in [3.8, 4) is 28.7 Å². The highest BCUT2D eigenvalue weighted by atomic mass is 16.7. The molecule has 1 N–H and O–H groups in total. The zero-order chi connectivity index (χ0) is 19.4. The maximum Gasteiger partial charge on any atom is 0.310 e. The normalized spacial score (nSPS) is 24.4. The Kier molecular flexibility index (Phi) is 3.79. The third kappa shape index (κ3) is 2.38. The molecule has 1 aliphatic carbocycles. The zero-order valence-corrected chi connectivity index (χ0v) is 15.6. The number of fused-ring (bicyclic) bond motifs is 3. The van der Waals surface area contributed by atoms with Crippen LogP contribution >= 0.6 is 0 Å². The van der Waals surface area contributed by atoms with Crippen molar-refractivity contribution in [2.45, 2.75) is 12.3 Å². The molecule has 2 aliphatic heterocycles. The molecule has 2 heterocycles. The fourth-order valence-corrected chi connectivity index (χ4v) is 4.60. The first kappa shape index (κ1) is 17.0. The van der Waals surface area contributed by atoms with Gasteiger partial charge in [-0.25, -0.2) is 0 Å². The number of phenolic OH excluding ortho intramolecular Hbond substituents is 1. The summed E-state index contributed by atoms with van der Waals surface area (Å²) in [6, 6.07) is 7.46. The molecule has 146 valence electrons. The minimum absolute atomic E-state index is 0.0685. The van der Waals surface area contributed by atoms with Crippen molar-refractivity contribution in [2.75, 3.05) is 27.6 Å². The quantitative estimate of drug-likeness (QED) is 0.815. The molecule has 7 heteroatoms. The zero-order valence-electron chi connectivity index (χ0n) is 15.6. The molecule has 0 spiro atoms. The highest BCUT2D eigenvalue weighted by molar-refractivity contribution is 5.78. The van der Waals surface area contributed by atoms with Gasteiger partial charge in [0.05, 0.1) is 26.7 Å². The molecule has 28 heavy (non-hydrogen) atoms. The molecule has 3 atom stereocenters. The second kappa shape index (κ2) is 6.22. The van der Waals surface area contributed by atoms with E-state index in [0.717, 1.165) is 28.9 Å². The summed E-state index contributed by atoms with van der Waals surface area (Å²) >= 11 is 0. The van der Waals surface area contributed by atoms with Crippen LogP contribution in [0.15, 0.2) is 24.3 Å². The highest BCUT2D eigenvalue weighted by Gasteiger charge is 2.48. The topological polar surface area (TPSA) is 83.5 Å². The van der Waals surface area contributed by atoms with Crippen LogP contribution in [0.5, 0.6) is 28.7 Å². The van der Waals surface area contributed by atoms with Crippen molar-refractivity contribution in [3.63, 3.8) is 0 Å². The summed E-state index contributed by atoms with van der Waals surface area (Å²) < 4.78 is 27.2. The van der Waals surface area contributed by atoms with Crippen molar-refractivity contribution < 1.29 is 33.6 Å². The number of ether oxygens (including phenoxy) is 5. The minimum atomic E-state index is -0.313. The molecule has 0 bridgehead atoms. The Morgan fingerprint density at radius 2 is 1.68 bits per heavy atom. The largest absolute Gasteiger partial charge is 0.502 e. The molecule has 3 unspecified atom stereocenters. The second-order valence-electron chi connectivity index (χ2n) is 7.28. The summed E-state index contributed by atoms with van der Waals surface area (Å²) in [6.45, 7) is 0.596. The molecule has 0 amide bonds. The maximum absolute atomic E-state index is 12.6. The number of hydrogen-bond donors (Lipinski definition) is 1. The van der Waals surface area contributed by atoms with Crippen LogP contribution in [0.25, 0.3) is 0 Å². The molecular formula is C21H20O7. The first-order valence-corrected chi connectivity index (χ1v) is 9.14. The average molecular weight is 384 g/mol. The molecule has 1 saturated heterocycles. The van der Waals surface area contributed by atoms with E-state index in [1.165, 1.54) is 14.2 Å². The summed E-state index contributed by atoms with van der Waals surface area (Å²) in [4.78, 5) is 12.6. The lowest BCUT2D eigenvalue weighted by Crippen LogP contribution is -2.31. The molecule has 1 fully saturated rings. The smallest absolute Gasteiger partial charge is 0.310 e. The summed E-state index contributed by atoms with van der Waals surface area (Å²) in [5, 5.41) is 10.3. The lowest BCUT2D eigenvalue weighted by atomic mass is 9.67. The Labute approximate surface area is 161 Å². The van der Waals surface area contributed by atoms with Crippen LogP contribution in [0.4, 0.5) is 0 Å². The van der Waals surface area contributed by atoms with Gasteiger partial charge in [0, 0.05) is 11.8 Å². The van der Waals surface area contributed by atoms with Crippen LogP contribution in [0.1, 0.15) is 22.6 Å². The predicted molar refractivity (Wildman–Crippen MR) is 97.3 cm³/mol. The molecule has 0 aromatic heterocycles. The van der Waals surface area contributed by atoms with Crippen LogP contribution in [-0.2, 0) is 16.0 Å². The van der Waals surface area contributed by atoms with Crippen molar-refractivity contribution in [2.24, 2.45) is 11.8 Å². The first-order chi connectivity index (χ1) is 13.6. The average Bonchev–Trinajstić information content (AvgIpc) is 3.31. The van der Waals surface area contributed by atoms with Gasteiger partial charge in [0.2, 0.25) is 12.5 Å². The van der Waals surface area contributed by atoms with E-state index in [2.05, 4.69) is 0 Å². The van der Waals surface area contributed by atoms with Gasteiger partial charge in [-0.1, -0.05) is 0 Å². The number of methoxy groups -OCH3 is 2. The number of rotatable bonds is 3. The van der Waals surface area contributed by atoms with Crippen LogP contribution in [-0.4, -0.2) is 38.7 Å². The van der Waals surface area contributed by atoms with Gasteiger partial charge in [-0.2, -0.15) is 0 Å². The van der Waals surface area contributed by atoms with Gasteiger partial charge in [0.25, 0.3) is 0 Å². The van der Waals surface area contributed by atoms with E-state index >= 15 is 0 Å². The standard InChI is InChI=1S/C21H20O7/c1-24-16-5-11(6-17(25-2)20(16)22)18-13-7-15-14(27-9-28-15)4-10(13)3-12-8-26-21(23)19(12)18/h4-7,12,18-19,22H,3,8-9H2,1-2H3. The monoisotopic (exact) mass is 384 g/mol. The minimum Gasteiger partial charge on any atom is -0.502 e. The number of carbonyl (C=O) groups excluding carboxylic acids is 1. The molecule has 7 nitrogen and oxygen atoms in total. The van der Waals surface area contributed by atoms with Gasteiger partial charge < -0.3 is 28.8 Å². The van der Waals surface area contributed by atoms with Gasteiger partial charge in [-0.05, 0) is 47.4 Å². The SMILES string of the molecule is COc1cc(C2c3cc4c(cc3CC3COC(=O)C32)OCO4)cc(OC)c1O. The van der Waals surface area contributed by atoms with Gasteiger partial charge >= 0.3 is 5.97 Å². The fraction of sp³-hybridized carbons (Fsp3) is 0.381. The second-order valence-corrected chi connectivity index (χ2v) is 7.28. The predicted octanol–water partition coefficient (Wildman–Crippen LogP) is 2.62. The Hall–Kier alpha value is -3.09. The van der Waals surface area contributed by atoms with Crippen molar-refractivity contribution in [1.29, 1.82) is 0 Å². The van der Waals surface area contributed by atoms with E-state index < -0.39 is 0 Å². The lowest BCUT2D eigenvalue weighted by Gasteiger charge is -2.33. The first-order valence-electron chi connectivity index (χ1n) is 9.14. The van der Waals surface area contributed by atoms with Gasteiger partial charge in [-0.15, -0.1) is 0 Å². The summed E-state index contributed by atoms with van der Waals surface area (Å²) in [5.74, 6) is 1.22. The van der Waals surface area contributed by atoms with Crippen LogP contribution in [0.3, 0.4) is 0 Å². The van der Waals surface area contributed by atoms with Crippen LogP contribution in [0, 0.1) is 11.8 Å². The lowest BCUT2D eigenvalue weighted by molar-refractivity contribution is -0.141. The van der Waals surface area contributed by atoms with E-state index in [1.54, 1.807) is 12.1 Å². The molecule has 3 aliphatic rings. The van der Waals surface area contributed by atoms with E-state index in [0.29, 0.717) is 23.9 Å². The summed E-state index contributed by atoms with van der Waals surface area (Å²) in [7, 11) is 2.97. The Bertz CT molecular complexity index is 942. The fourth-order valence-electron chi connectivity index (χ4n) is 4.60. The molecule has 0 radical (unpaired) electrons. The maximum atomic E-state index is 12.6. The third-order valence-corrected chi connectivity index (χ3v) is 5.89. The van der Waals surface area contributed by atoms with E-state index in [-0.39, 0.29) is 36.3 Å². The van der Waals surface area contributed by atoms with Crippen molar-refractivity contribution in [3.05, 3.63) is 41.0 Å². The van der Waals surface area contributed by atoms with E-state index in [1.807, 2.05) is 12.1 Å². The molecular weight excluding hydrogens is 364 g/mol. The van der Waals surface area contributed by atoms with Gasteiger partial charge in [0.15, 0.2) is 23.0 Å². The van der Waals surface area contributed by atoms with Crippen molar-refractivity contribution in [1.82, 2.24) is 0 Å². The van der Waals surface area contributed by atoms with E-state index in [4.69, 9.17) is 23.7 Å². The Morgan fingerprint density at radius 1 is 1.00 bits per heavy atom. The number of hydrogen-bond acceptors (Lipinski definition) is 7. The van der Waals surface area contributed by atoms with Crippen LogP contribution < -0.4 is 18.9 Å². The van der Waals surface area contributed by atoms with Crippen LogP contribution in [0.2, 0.25) is 0 Å². The van der Waals surface area contributed by atoms with Gasteiger partial charge in [0.1, 0.15) is 0 Å². The number of esters is 1. The van der Waals surface area contributed by atoms with E-state index in [9.17, 15) is 9.90 Å². The molecule has 0 saturated carbocycles.